The van der Waals surface area contributed by atoms with Gasteiger partial charge in [0.25, 0.3) is 0 Å². The lowest BCUT2D eigenvalue weighted by atomic mass is 9.70. The van der Waals surface area contributed by atoms with Crippen LogP contribution in [0.2, 0.25) is 0 Å². The molecular formula is C15H18O4. The molecule has 0 radical (unpaired) electrons. The van der Waals surface area contributed by atoms with Crippen molar-refractivity contribution in [3.8, 4) is 0 Å². The topological polar surface area (TPSA) is 47.9 Å². The van der Waals surface area contributed by atoms with Crippen LogP contribution in [0.4, 0.5) is 0 Å². The maximum atomic E-state index is 9.24. The van der Waals surface area contributed by atoms with Crippen LogP contribution in [0.1, 0.15) is 30.4 Å². The molecule has 3 saturated heterocycles. The highest BCUT2D eigenvalue weighted by Crippen LogP contribution is 2.57. The molecule has 2 atom stereocenters. The summed E-state index contributed by atoms with van der Waals surface area (Å²) >= 11 is 0. The Bertz CT molecular complexity index is 481. The fourth-order valence-corrected chi connectivity index (χ4v) is 3.59. The molecule has 1 saturated carbocycles. The van der Waals surface area contributed by atoms with E-state index in [1.54, 1.807) is 0 Å². The maximum Gasteiger partial charge on any atom is 0.195 e. The summed E-state index contributed by atoms with van der Waals surface area (Å²) in [6.45, 7) is 1.42. The monoisotopic (exact) mass is 262 g/mol. The predicted molar refractivity (Wildman–Crippen MR) is 67.4 cm³/mol. The summed E-state index contributed by atoms with van der Waals surface area (Å²) in [6, 6.07) is 8.05. The van der Waals surface area contributed by atoms with Crippen molar-refractivity contribution in [2.75, 3.05) is 13.2 Å². The zero-order chi connectivity index (χ0) is 12.9. The second-order valence-corrected chi connectivity index (χ2v) is 5.67. The predicted octanol–water partition coefficient (Wildman–Crippen LogP) is 1.70. The molecule has 1 aliphatic carbocycles. The van der Waals surface area contributed by atoms with Crippen LogP contribution in [0.15, 0.2) is 24.3 Å². The van der Waals surface area contributed by atoms with Crippen LogP contribution in [-0.2, 0) is 26.4 Å². The van der Waals surface area contributed by atoms with Gasteiger partial charge in [-0.05, 0) is 17.5 Å². The van der Waals surface area contributed by atoms with Crippen molar-refractivity contribution in [1.82, 2.24) is 0 Å². The second-order valence-electron chi connectivity index (χ2n) is 5.67. The molecule has 102 valence electrons. The molecule has 3 heterocycles. The molecule has 1 aromatic carbocycles. The Balaban J connectivity index is 1.59. The third kappa shape index (κ3) is 1.61. The molecule has 1 N–H and O–H groups in total. The second kappa shape index (κ2) is 4.03. The molecule has 1 spiro atoms. The van der Waals surface area contributed by atoms with Crippen molar-refractivity contribution in [3.63, 3.8) is 0 Å². The summed E-state index contributed by atoms with van der Waals surface area (Å²) in [5, 5.41) is 9.24. The van der Waals surface area contributed by atoms with Crippen LogP contribution < -0.4 is 0 Å². The van der Waals surface area contributed by atoms with Crippen LogP contribution in [0.5, 0.6) is 0 Å². The molecule has 5 rings (SSSR count). The first-order valence-electron chi connectivity index (χ1n) is 6.92. The lowest BCUT2D eigenvalue weighted by Crippen LogP contribution is -2.64. The highest BCUT2D eigenvalue weighted by Gasteiger charge is 2.63. The van der Waals surface area contributed by atoms with Gasteiger partial charge in [0, 0.05) is 12.8 Å². The van der Waals surface area contributed by atoms with Crippen molar-refractivity contribution in [1.29, 1.82) is 0 Å². The van der Waals surface area contributed by atoms with E-state index in [1.165, 1.54) is 5.56 Å². The largest absolute Gasteiger partial charge is 0.392 e. The molecule has 2 bridgehead atoms. The lowest BCUT2D eigenvalue weighted by Gasteiger charge is -2.58. The number of hydrogen-bond acceptors (Lipinski definition) is 4. The van der Waals surface area contributed by atoms with Crippen LogP contribution in [0, 0.1) is 0 Å². The van der Waals surface area contributed by atoms with Crippen molar-refractivity contribution in [2.45, 2.75) is 43.4 Å². The Morgan fingerprint density at radius 2 is 2.00 bits per heavy atom. The number of fused-ring (bicyclic) bond motifs is 1. The first-order valence-corrected chi connectivity index (χ1v) is 6.92. The van der Waals surface area contributed by atoms with E-state index in [4.69, 9.17) is 14.2 Å². The van der Waals surface area contributed by atoms with E-state index in [-0.39, 0.29) is 18.3 Å². The average Bonchev–Trinajstić information content (AvgIpc) is 2.87. The minimum Gasteiger partial charge on any atom is -0.392 e. The standard InChI is InChI=1S/C15H18O4/c16-10-11-2-1-3-12(8-11)14-4-5-15(13(9-14)19-14)17-6-7-18-15/h1-3,8,13,16H,4-7,9-10H2. The van der Waals surface area contributed by atoms with Gasteiger partial charge in [0.05, 0.1) is 25.4 Å². The van der Waals surface area contributed by atoms with Gasteiger partial charge in [-0.3, -0.25) is 0 Å². The van der Waals surface area contributed by atoms with Gasteiger partial charge in [-0.2, -0.15) is 0 Å². The van der Waals surface area contributed by atoms with E-state index >= 15 is 0 Å². The smallest absolute Gasteiger partial charge is 0.195 e. The van der Waals surface area contributed by atoms with Crippen molar-refractivity contribution in [2.24, 2.45) is 0 Å². The number of ether oxygens (including phenoxy) is 3. The number of aliphatic hydroxyl groups is 1. The summed E-state index contributed by atoms with van der Waals surface area (Å²) in [5.74, 6) is -0.476. The van der Waals surface area contributed by atoms with E-state index in [9.17, 15) is 5.11 Å². The molecule has 3 aliphatic heterocycles. The highest BCUT2D eigenvalue weighted by molar-refractivity contribution is 5.31. The van der Waals surface area contributed by atoms with Crippen molar-refractivity contribution < 1.29 is 19.3 Å². The maximum absolute atomic E-state index is 9.24. The van der Waals surface area contributed by atoms with Gasteiger partial charge in [0.2, 0.25) is 0 Å². The first kappa shape index (κ1) is 11.9. The molecule has 1 aromatic rings. The van der Waals surface area contributed by atoms with Gasteiger partial charge in [-0.25, -0.2) is 0 Å². The highest BCUT2D eigenvalue weighted by atomic mass is 16.8. The zero-order valence-corrected chi connectivity index (χ0v) is 10.8. The van der Waals surface area contributed by atoms with Gasteiger partial charge in [-0.1, -0.05) is 24.3 Å². The number of benzene rings is 1. The Labute approximate surface area is 112 Å². The van der Waals surface area contributed by atoms with Crippen LogP contribution in [-0.4, -0.2) is 30.2 Å². The van der Waals surface area contributed by atoms with E-state index < -0.39 is 5.79 Å². The SMILES string of the molecule is OCc1cccc(C23CCC4(OCCO4)C(C2)O3)c1. The third-order valence-electron chi connectivity index (χ3n) is 4.66. The minimum atomic E-state index is -0.476. The molecule has 0 amide bonds. The molecule has 4 aliphatic rings. The Kier molecular flexibility index (Phi) is 2.51. The quantitative estimate of drug-likeness (QED) is 0.881. The summed E-state index contributed by atoms with van der Waals surface area (Å²) in [4.78, 5) is 0. The third-order valence-corrected chi connectivity index (χ3v) is 4.66. The minimum absolute atomic E-state index is 0.0570. The molecule has 4 nitrogen and oxygen atoms in total. The van der Waals surface area contributed by atoms with E-state index in [0.717, 1.165) is 24.8 Å². The van der Waals surface area contributed by atoms with Crippen molar-refractivity contribution in [3.05, 3.63) is 35.4 Å². The normalized spacial score (nSPS) is 35.3. The van der Waals surface area contributed by atoms with E-state index in [1.807, 2.05) is 18.2 Å². The zero-order valence-electron chi connectivity index (χ0n) is 10.8. The van der Waals surface area contributed by atoms with Gasteiger partial charge in [-0.15, -0.1) is 0 Å². The van der Waals surface area contributed by atoms with Gasteiger partial charge < -0.3 is 19.3 Å². The Morgan fingerprint density at radius 1 is 1.21 bits per heavy atom. The van der Waals surface area contributed by atoms with Crippen LogP contribution >= 0.6 is 0 Å². The van der Waals surface area contributed by atoms with Gasteiger partial charge >= 0.3 is 0 Å². The average molecular weight is 262 g/mol. The van der Waals surface area contributed by atoms with Gasteiger partial charge in [0.15, 0.2) is 5.79 Å². The van der Waals surface area contributed by atoms with Gasteiger partial charge in [0.1, 0.15) is 6.10 Å². The summed E-state index contributed by atoms with van der Waals surface area (Å²) < 4.78 is 17.7. The number of aliphatic hydroxyl groups excluding tert-OH is 1. The summed E-state index contributed by atoms with van der Waals surface area (Å²) in [5.41, 5.74) is 1.92. The molecule has 19 heavy (non-hydrogen) atoms. The van der Waals surface area contributed by atoms with E-state index in [2.05, 4.69) is 6.07 Å². The van der Waals surface area contributed by atoms with Crippen LogP contribution in [0.3, 0.4) is 0 Å². The number of rotatable bonds is 2. The summed E-state index contributed by atoms with van der Waals surface area (Å²) in [7, 11) is 0. The Hall–Kier alpha value is -0.940. The first-order chi connectivity index (χ1) is 9.26. The molecule has 4 heteroatoms. The Morgan fingerprint density at radius 3 is 2.63 bits per heavy atom. The summed E-state index contributed by atoms with van der Waals surface area (Å²) in [6.07, 6.45) is 2.81. The van der Waals surface area contributed by atoms with Crippen molar-refractivity contribution >= 4 is 0 Å². The number of hydrogen-bond donors (Lipinski definition) is 1. The fraction of sp³-hybridized carbons (Fsp3) is 0.600. The molecule has 0 aromatic heterocycles. The molecular weight excluding hydrogens is 244 g/mol. The molecule has 4 fully saturated rings. The van der Waals surface area contributed by atoms with Crippen LogP contribution in [0.25, 0.3) is 0 Å². The molecule has 2 unspecified atom stereocenters. The lowest BCUT2D eigenvalue weighted by molar-refractivity contribution is -0.369. The van der Waals surface area contributed by atoms with E-state index in [0.29, 0.717) is 13.2 Å². The fourth-order valence-electron chi connectivity index (χ4n) is 3.59.